The third kappa shape index (κ3) is 4.27. The summed E-state index contributed by atoms with van der Waals surface area (Å²) >= 11 is 1.48. The van der Waals surface area contributed by atoms with Crippen LogP contribution in [0.1, 0.15) is 64.5 Å². The van der Waals surface area contributed by atoms with E-state index in [0.717, 1.165) is 28.9 Å². The van der Waals surface area contributed by atoms with Gasteiger partial charge in [0.1, 0.15) is 6.61 Å². The normalized spacial score (nSPS) is 18.9. The van der Waals surface area contributed by atoms with Crippen molar-refractivity contribution in [1.29, 1.82) is 0 Å². The Morgan fingerprint density at radius 2 is 1.66 bits per heavy atom. The largest absolute Gasteiger partial charge is 0.483 e. The maximum Gasteiger partial charge on any atom is 0.224 e. The van der Waals surface area contributed by atoms with Gasteiger partial charge in [-0.15, -0.1) is 11.8 Å². The summed E-state index contributed by atoms with van der Waals surface area (Å²) in [4.78, 5) is 28.6. The molecule has 0 saturated heterocycles. The molecule has 0 amide bonds. The summed E-state index contributed by atoms with van der Waals surface area (Å²) in [5.41, 5.74) is 1.96. The number of thioether (sulfide) groups is 1. The fourth-order valence-corrected chi connectivity index (χ4v) is 7.76. The number of hydrogen-bond acceptors (Lipinski definition) is 5. The van der Waals surface area contributed by atoms with Gasteiger partial charge in [-0.25, -0.2) is 8.78 Å². The molecule has 1 aliphatic carbocycles. The van der Waals surface area contributed by atoms with E-state index < -0.39 is 23.1 Å². The van der Waals surface area contributed by atoms with Crippen LogP contribution in [0, 0.1) is 17.0 Å². The molecule has 5 nitrogen and oxygen atoms in total. The van der Waals surface area contributed by atoms with Crippen molar-refractivity contribution in [3.05, 3.63) is 129 Å². The van der Waals surface area contributed by atoms with Crippen molar-refractivity contribution < 1.29 is 18.3 Å². The van der Waals surface area contributed by atoms with E-state index in [4.69, 9.17) is 4.74 Å². The predicted molar refractivity (Wildman–Crippen MR) is 154 cm³/mol. The number of pyridine rings is 1. The highest BCUT2D eigenvalue weighted by atomic mass is 32.2. The van der Waals surface area contributed by atoms with Crippen LogP contribution < -0.4 is 15.2 Å². The van der Waals surface area contributed by atoms with E-state index >= 15 is 4.39 Å². The van der Waals surface area contributed by atoms with Gasteiger partial charge in [-0.3, -0.25) is 19.3 Å². The van der Waals surface area contributed by atoms with Gasteiger partial charge in [0.25, 0.3) is 0 Å². The summed E-state index contributed by atoms with van der Waals surface area (Å²) in [6.07, 6.45) is 4.82. The number of rotatable bonds is 4. The summed E-state index contributed by atoms with van der Waals surface area (Å²) in [5.74, 6) is -1.50. The van der Waals surface area contributed by atoms with Gasteiger partial charge in [-0.2, -0.15) is 0 Å². The number of carbonyl (C=O) groups excluding carboxylic acids is 1. The Morgan fingerprint density at radius 1 is 0.902 bits per heavy atom. The maximum absolute atomic E-state index is 15.3. The van der Waals surface area contributed by atoms with Gasteiger partial charge < -0.3 is 4.74 Å². The van der Waals surface area contributed by atoms with E-state index in [0.29, 0.717) is 30.5 Å². The van der Waals surface area contributed by atoms with Gasteiger partial charge in [-0.05, 0) is 41.7 Å². The van der Waals surface area contributed by atoms with Crippen LogP contribution in [0.3, 0.4) is 0 Å². The summed E-state index contributed by atoms with van der Waals surface area (Å²) < 4.78 is 37.7. The summed E-state index contributed by atoms with van der Waals surface area (Å²) in [6, 6.07) is 21.1. The molecule has 1 saturated carbocycles. The number of ketones is 1. The van der Waals surface area contributed by atoms with Gasteiger partial charge >= 0.3 is 0 Å². The molecule has 1 spiro atoms. The molecule has 0 radical (unpaired) electrons. The molecule has 2 aliphatic heterocycles. The van der Waals surface area contributed by atoms with E-state index in [1.807, 2.05) is 54.6 Å². The van der Waals surface area contributed by atoms with Crippen molar-refractivity contribution in [2.45, 2.75) is 49.0 Å². The highest BCUT2D eigenvalue weighted by Crippen LogP contribution is 2.49. The average molecular weight is 571 g/mol. The monoisotopic (exact) mass is 570 g/mol. The van der Waals surface area contributed by atoms with E-state index in [2.05, 4.69) is 5.01 Å². The summed E-state index contributed by atoms with van der Waals surface area (Å²) in [6.45, 7) is 0.533. The van der Waals surface area contributed by atoms with Crippen molar-refractivity contribution in [3.63, 3.8) is 0 Å². The molecule has 3 aromatic carbocycles. The second kappa shape index (κ2) is 10.2. The van der Waals surface area contributed by atoms with Crippen LogP contribution >= 0.6 is 11.8 Å². The van der Waals surface area contributed by atoms with Crippen molar-refractivity contribution in [2.75, 3.05) is 11.6 Å². The fourth-order valence-electron chi connectivity index (χ4n) is 6.65. The highest BCUT2D eigenvalue weighted by Gasteiger charge is 2.51. The minimum atomic E-state index is -0.879. The number of fused-ring (bicyclic) bond motifs is 3. The average Bonchev–Trinajstić information content (AvgIpc) is 3.40. The zero-order chi connectivity index (χ0) is 28.1. The Labute approximate surface area is 240 Å². The topological polar surface area (TPSA) is 51.5 Å². The first-order chi connectivity index (χ1) is 20.0. The number of nitrogens with zero attached hydrogens (tertiary/aromatic N) is 2. The van der Waals surface area contributed by atoms with Crippen LogP contribution in [0.15, 0.2) is 88.7 Å². The second-order valence-electron chi connectivity index (χ2n) is 11.0. The zero-order valence-corrected chi connectivity index (χ0v) is 23.1. The minimum Gasteiger partial charge on any atom is -0.483 e. The van der Waals surface area contributed by atoms with E-state index in [-0.39, 0.29) is 35.0 Å². The SMILES string of the molecule is O=C1c2c(OCc3ccccc3)c(=O)ccn2N([C@@H]2c3ccccc3SCc3c2ccc(F)c3F)CC12CCCC2. The van der Waals surface area contributed by atoms with Crippen molar-refractivity contribution in [2.24, 2.45) is 5.41 Å². The Hall–Kier alpha value is -3.91. The Balaban J connectivity index is 1.44. The molecular formula is C33H28F2N2O3S. The first-order valence-electron chi connectivity index (χ1n) is 13.9. The smallest absolute Gasteiger partial charge is 0.224 e. The number of hydrogen-bond donors (Lipinski definition) is 0. The minimum absolute atomic E-state index is 0.0270. The number of halogens is 2. The van der Waals surface area contributed by atoms with Crippen molar-refractivity contribution >= 4 is 17.5 Å². The number of benzene rings is 3. The number of ether oxygens (including phenoxy) is 1. The van der Waals surface area contributed by atoms with E-state index in [9.17, 15) is 14.0 Å². The molecule has 3 heterocycles. The second-order valence-corrected chi connectivity index (χ2v) is 12.1. The summed E-state index contributed by atoms with van der Waals surface area (Å²) in [7, 11) is 0. The van der Waals surface area contributed by atoms with Gasteiger partial charge in [0.05, 0.1) is 11.5 Å². The zero-order valence-electron chi connectivity index (χ0n) is 22.3. The molecule has 0 unspecified atom stereocenters. The molecule has 3 aliphatic rings. The van der Waals surface area contributed by atoms with Gasteiger partial charge in [0, 0.05) is 35.0 Å². The third-order valence-corrected chi connectivity index (χ3v) is 9.79. The van der Waals surface area contributed by atoms with Crippen LogP contribution in [-0.4, -0.2) is 17.0 Å². The molecular weight excluding hydrogens is 542 g/mol. The molecule has 208 valence electrons. The lowest BCUT2D eigenvalue weighted by atomic mass is 9.77. The molecule has 1 atom stereocenters. The summed E-state index contributed by atoms with van der Waals surface area (Å²) in [5, 5.41) is 2.07. The number of Topliss-reactive ketones (excluding diaryl/α,β-unsaturated/α-hetero) is 1. The third-order valence-electron chi connectivity index (χ3n) is 8.67. The van der Waals surface area contributed by atoms with Gasteiger partial charge in [-0.1, -0.05) is 67.4 Å². The fraction of sp³-hybridized carbons (Fsp3) is 0.273. The van der Waals surface area contributed by atoms with Gasteiger partial charge in [0.2, 0.25) is 5.43 Å². The van der Waals surface area contributed by atoms with Crippen molar-refractivity contribution in [1.82, 2.24) is 4.68 Å². The lowest BCUT2D eigenvalue weighted by Crippen LogP contribution is -2.55. The van der Waals surface area contributed by atoms with Crippen LogP contribution in [-0.2, 0) is 12.4 Å². The van der Waals surface area contributed by atoms with E-state index in [1.165, 1.54) is 23.9 Å². The van der Waals surface area contributed by atoms with Crippen LogP contribution in [0.5, 0.6) is 5.75 Å². The van der Waals surface area contributed by atoms with Gasteiger partial charge in [0.15, 0.2) is 28.9 Å². The van der Waals surface area contributed by atoms with E-state index in [1.54, 1.807) is 16.9 Å². The highest BCUT2D eigenvalue weighted by molar-refractivity contribution is 7.98. The molecule has 7 rings (SSSR count). The number of aromatic nitrogens is 1. The Bertz CT molecular complexity index is 1720. The number of carbonyl (C=O) groups is 1. The predicted octanol–water partition coefficient (Wildman–Crippen LogP) is 6.80. The Morgan fingerprint density at radius 3 is 2.46 bits per heavy atom. The van der Waals surface area contributed by atoms with Crippen molar-refractivity contribution in [3.8, 4) is 5.75 Å². The molecule has 0 N–H and O–H groups in total. The maximum atomic E-state index is 15.3. The molecule has 4 aromatic rings. The molecule has 41 heavy (non-hydrogen) atoms. The quantitative estimate of drug-likeness (QED) is 0.270. The molecule has 1 aromatic heterocycles. The first-order valence-corrected chi connectivity index (χ1v) is 14.9. The van der Waals surface area contributed by atoms with Crippen LogP contribution in [0.25, 0.3) is 0 Å². The van der Waals surface area contributed by atoms with Crippen LogP contribution in [0.2, 0.25) is 0 Å². The standard InChI is InChI=1S/C33H28F2N2O3S/c34-25-13-12-22-24(28(25)35)19-41-27-11-5-4-10-23(27)29(22)37-20-33(15-6-7-16-33)32(39)30-31(26(38)14-17-36(30)37)40-18-21-8-2-1-3-9-21/h1-5,8-14,17,29H,6-7,15-16,18-20H2/t29-/m0/s1. The molecule has 8 heteroatoms. The molecule has 1 fully saturated rings. The Kier molecular flexibility index (Phi) is 6.46. The lowest BCUT2D eigenvalue weighted by molar-refractivity contribution is 0.0738. The first kappa shape index (κ1) is 26.0. The lowest BCUT2D eigenvalue weighted by Gasteiger charge is -2.47. The van der Waals surface area contributed by atoms with Crippen LogP contribution in [0.4, 0.5) is 8.78 Å². The molecule has 0 bridgehead atoms.